The molecule has 17 heavy (non-hydrogen) atoms. The second-order valence-electron chi connectivity index (χ2n) is 4.02. The van der Waals surface area contributed by atoms with Gasteiger partial charge in [0.1, 0.15) is 0 Å². The van der Waals surface area contributed by atoms with Crippen LogP contribution in [0.5, 0.6) is 0 Å². The van der Waals surface area contributed by atoms with Gasteiger partial charge in [-0.1, -0.05) is 18.7 Å². The molecule has 7 heteroatoms. The highest BCUT2D eigenvalue weighted by Gasteiger charge is 2.14. The van der Waals surface area contributed by atoms with Gasteiger partial charge in [0.05, 0.1) is 11.4 Å². The van der Waals surface area contributed by atoms with E-state index in [0.29, 0.717) is 19.4 Å². The normalized spacial score (nSPS) is 15.1. The molecule has 0 spiro atoms. The summed E-state index contributed by atoms with van der Waals surface area (Å²) in [4.78, 5) is 4.45. The van der Waals surface area contributed by atoms with E-state index < -0.39 is 10.0 Å². The topological polar surface area (TPSA) is 64.0 Å². The van der Waals surface area contributed by atoms with Crippen LogP contribution in [0.4, 0.5) is 0 Å². The second-order valence-corrected chi connectivity index (χ2v) is 7.01. The molecule has 1 aromatic rings. The third-order valence-corrected chi connectivity index (χ3v) is 5.09. The van der Waals surface area contributed by atoms with Crippen LogP contribution in [0.1, 0.15) is 19.0 Å². The Bertz CT molecular complexity index is 460. The maximum atomic E-state index is 11.4. The zero-order valence-electron chi connectivity index (χ0n) is 9.85. The minimum atomic E-state index is -3.09. The zero-order valence-corrected chi connectivity index (χ0v) is 11.5. The Balaban J connectivity index is 1.82. The van der Waals surface area contributed by atoms with Crippen molar-refractivity contribution in [2.24, 2.45) is 0 Å². The van der Waals surface area contributed by atoms with Crippen molar-refractivity contribution in [3.63, 3.8) is 0 Å². The van der Waals surface area contributed by atoms with Crippen LogP contribution in [-0.2, 0) is 23.0 Å². The lowest BCUT2D eigenvalue weighted by molar-refractivity contribution is 0.580. The standard InChI is InChI=1S/C10H17N3O2S2/c1-2-7-17(14,15)11-4-3-9-8-13-5-6-16-10(13)12-9/h8,11H,2-7H2,1H3. The van der Waals surface area contributed by atoms with Crippen molar-refractivity contribution in [2.75, 3.05) is 18.1 Å². The summed E-state index contributed by atoms with van der Waals surface area (Å²) in [6, 6.07) is 0. The smallest absolute Gasteiger partial charge is 0.211 e. The molecule has 2 heterocycles. The number of imidazole rings is 1. The largest absolute Gasteiger partial charge is 0.325 e. The van der Waals surface area contributed by atoms with Gasteiger partial charge in [-0.2, -0.15) is 0 Å². The van der Waals surface area contributed by atoms with Crippen molar-refractivity contribution in [3.05, 3.63) is 11.9 Å². The van der Waals surface area contributed by atoms with Crippen LogP contribution in [0, 0.1) is 0 Å². The number of sulfonamides is 1. The van der Waals surface area contributed by atoms with E-state index in [9.17, 15) is 8.42 Å². The molecule has 1 aliphatic heterocycles. The van der Waals surface area contributed by atoms with Crippen LogP contribution >= 0.6 is 11.8 Å². The number of thioether (sulfide) groups is 1. The quantitative estimate of drug-likeness (QED) is 0.836. The fraction of sp³-hybridized carbons (Fsp3) is 0.700. The Kier molecular flexibility index (Phi) is 4.11. The number of aryl methyl sites for hydroxylation is 1. The average molecular weight is 275 g/mol. The minimum absolute atomic E-state index is 0.197. The van der Waals surface area contributed by atoms with Gasteiger partial charge in [-0.05, 0) is 6.42 Å². The predicted octanol–water partition coefficient (Wildman–Crippen LogP) is 0.861. The van der Waals surface area contributed by atoms with E-state index in [1.807, 2.05) is 13.1 Å². The molecular weight excluding hydrogens is 258 g/mol. The lowest BCUT2D eigenvalue weighted by atomic mass is 10.3. The first-order chi connectivity index (χ1) is 8.11. The van der Waals surface area contributed by atoms with Gasteiger partial charge in [-0.25, -0.2) is 18.1 Å². The van der Waals surface area contributed by atoms with Gasteiger partial charge in [0, 0.05) is 31.5 Å². The number of nitrogens with zero attached hydrogens (tertiary/aromatic N) is 2. The highest BCUT2D eigenvalue weighted by atomic mass is 32.2. The monoisotopic (exact) mass is 275 g/mol. The molecule has 0 unspecified atom stereocenters. The fourth-order valence-corrected chi connectivity index (χ4v) is 3.81. The van der Waals surface area contributed by atoms with Gasteiger partial charge in [0.25, 0.3) is 0 Å². The average Bonchev–Trinajstić information content (AvgIpc) is 2.76. The van der Waals surface area contributed by atoms with E-state index >= 15 is 0 Å². The number of nitrogens with one attached hydrogen (secondary N) is 1. The van der Waals surface area contributed by atoms with Crippen LogP contribution < -0.4 is 4.72 Å². The highest BCUT2D eigenvalue weighted by molar-refractivity contribution is 7.99. The van der Waals surface area contributed by atoms with Crippen molar-refractivity contribution in [2.45, 2.75) is 31.5 Å². The Morgan fingerprint density at radius 1 is 1.59 bits per heavy atom. The third-order valence-electron chi connectivity index (χ3n) is 2.53. The minimum Gasteiger partial charge on any atom is -0.325 e. The molecule has 0 radical (unpaired) electrons. The first kappa shape index (κ1) is 12.9. The summed E-state index contributed by atoms with van der Waals surface area (Å²) < 4.78 is 27.6. The molecule has 0 aliphatic carbocycles. The first-order valence-electron chi connectivity index (χ1n) is 5.77. The highest BCUT2D eigenvalue weighted by Crippen LogP contribution is 2.24. The van der Waals surface area contributed by atoms with Crippen molar-refractivity contribution >= 4 is 21.8 Å². The first-order valence-corrected chi connectivity index (χ1v) is 8.40. The lowest BCUT2D eigenvalue weighted by Crippen LogP contribution is -2.28. The van der Waals surface area contributed by atoms with Crippen LogP contribution in [0.3, 0.4) is 0 Å². The number of hydrogen-bond acceptors (Lipinski definition) is 4. The molecule has 1 aliphatic rings. The molecule has 0 amide bonds. The van der Waals surface area contributed by atoms with Gasteiger partial charge in [-0.3, -0.25) is 0 Å². The summed E-state index contributed by atoms with van der Waals surface area (Å²) in [7, 11) is -3.09. The molecule has 1 N–H and O–H groups in total. The van der Waals surface area contributed by atoms with E-state index in [4.69, 9.17) is 0 Å². The molecule has 96 valence electrons. The Labute approximate surface area is 106 Å². The summed E-state index contributed by atoms with van der Waals surface area (Å²) in [6.07, 6.45) is 3.32. The zero-order chi connectivity index (χ0) is 12.3. The fourth-order valence-electron chi connectivity index (χ4n) is 1.76. The maximum Gasteiger partial charge on any atom is 0.211 e. The molecule has 0 atom stereocenters. The van der Waals surface area contributed by atoms with Gasteiger partial charge in [-0.15, -0.1) is 0 Å². The molecule has 0 saturated heterocycles. The lowest BCUT2D eigenvalue weighted by Gasteiger charge is -2.03. The summed E-state index contributed by atoms with van der Waals surface area (Å²) in [6.45, 7) is 3.30. The van der Waals surface area contributed by atoms with E-state index in [-0.39, 0.29) is 5.75 Å². The Morgan fingerprint density at radius 3 is 3.12 bits per heavy atom. The van der Waals surface area contributed by atoms with Gasteiger partial charge < -0.3 is 4.57 Å². The summed E-state index contributed by atoms with van der Waals surface area (Å²) in [5.41, 5.74) is 0.964. The van der Waals surface area contributed by atoms with Gasteiger partial charge in [0.15, 0.2) is 5.16 Å². The van der Waals surface area contributed by atoms with E-state index in [2.05, 4.69) is 14.3 Å². The molecule has 0 saturated carbocycles. The molecule has 1 aromatic heterocycles. The number of hydrogen-bond donors (Lipinski definition) is 1. The van der Waals surface area contributed by atoms with Crippen molar-refractivity contribution in [1.29, 1.82) is 0 Å². The van der Waals surface area contributed by atoms with E-state index in [0.717, 1.165) is 23.1 Å². The third kappa shape index (κ3) is 3.46. The number of aromatic nitrogens is 2. The molecular formula is C10H17N3O2S2. The summed E-state index contributed by atoms with van der Waals surface area (Å²) in [5, 5.41) is 1.05. The van der Waals surface area contributed by atoms with Crippen molar-refractivity contribution in [3.8, 4) is 0 Å². The molecule has 0 aromatic carbocycles. The van der Waals surface area contributed by atoms with Crippen LogP contribution in [0.2, 0.25) is 0 Å². The molecule has 2 rings (SSSR count). The van der Waals surface area contributed by atoms with Gasteiger partial charge in [0.2, 0.25) is 10.0 Å². The Hall–Kier alpha value is -0.530. The van der Waals surface area contributed by atoms with Crippen LogP contribution in [0.25, 0.3) is 0 Å². The number of rotatable bonds is 6. The number of fused-ring (bicyclic) bond motifs is 1. The maximum absolute atomic E-state index is 11.4. The SMILES string of the molecule is CCCS(=O)(=O)NCCc1cn2c(n1)SCC2. The Morgan fingerprint density at radius 2 is 2.41 bits per heavy atom. The van der Waals surface area contributed by atoms with E-state index in [1.165, 1.54) is 0 Å². The van der Waals surface area contributed by atoms with Gasteiger partial charge >= 0.3 is 0 Å². The summed E-state index contributed by atoms with van der Waals surface area (Å²) in [5.74, 6) is 1.29. The summed E-state index contributed by atoms with van der Waals surface area (Å²) >= 11 is 1.75. The van der Waals surface area contributed by atoms with Crippen LogP contribution in [-0.4, -0.2) is 36.0 Å². The predicted molar refractivity (Wildman–Crippen MR) is 68.7 cm³/mol. The second kappa shape index (κ2) is 5.41. The molecule has 5 nitrogen and oxygen atoms in total. The molecule has 0 bridgehead atoms. The van der Waals surface area contributed by atoms with Crippen LogP contribution in [0.15, 0.2) is 11.4 Å². The molecule has 0 fully saturated rings. The van der Waals surface area contributed by atoms with E-state index in [1.54, 1.807) is 11.8 Å². The van der Waals surface area contributed by atoms with Crippen molar-refractivity contribution < 1.29 is 8.42 Å². The van der Waals surface area contributed by atoms with Crippen molar-refractivity contribution in [1.82, 2.24) is 14.3 Å².